The van der Waals surface area contributed by atoms with Gasteiger partial charge < -0.3 is 10.2 Å². The summed E-state index contributed by atoms with van der Waals surface area (Å²) in [4.78, 5) is 16.8. The lowest BCUT2D eigenvalue weighted by Crippen LogP contribution is -2.47. The highest BCUT2D eigenvalue weighted by Gasteiger charge is 2.22. The molecular weight excluding hydrogens is 286 g/mol. The third kappa shape index (κ3) is 6.32. The first kappa shape index (κ1) is 18.0. The highest BCUT2D eigenvalue weighted by atomic mass is 16.2. The number of carbonyl (C=O) groups excluding carboxylic acids is 1. The number of rotatable bonds is 7. The minimum absolute atomic E-state index is 0.145. The average molecular weight is 317 g/mol. The molecule has 4 heteroatoms. The van der Waals surface area contributed by atoms with Gasteiger partial charge in [0.2, 0.25) is 5.91 Å². The Morgan fingerprint density at radius 2 is 1.96 bits per heavy atom. The zero-order valence-corrected chi connectivity index (χ0v) is 14.8. The molecular formula is C19H31N3O. The summed E-state index contributed by atoms with van der Waals surface area (Å²) in [5.74, 6) is 0.145. The van der Waals surface area contributed by atoms with Gasteiger partial charge in [0.25, 0.3) is 0 Å². The largest absolute Gasteiger partial charge is 0.353 e. The number of aryl methyl sites for hydroxylation is 1. The topological polar surface area (TPSA) is 35.6 Å². The molecule has 1 aromatic carbocycles. The third-order valence-corrected chi connectivity index (χ3v) is 4.82. The van der Waals surface area contributed by atoms with E-state index in [1.165, 1.54) is 5.56 Å². The molecule has 1 amide bonds. The molecule has 1 aromatic rings. The van der Waals surface area contributed by atoms with Crippen LogP contribution in [0.25, 0.3) is 0 Å². The molecule has 4 nitrogen and oxygen atoms in total. The maximum absolute atomic E-state index is 12.2. The highest BCUT2D eigenvalue weighted by Crippen LogP contribution is 2.13. The van der Waals surface area contributed by atoms with Gasteiger partial charge in [-0.15, -0.1) is 0 Å². The maximum atomic E-state index is 12.2. The molecule has 1 saturated heterocycles. The Hall–Kier alpha value is -1.39. The molecule has 0 saturated carbocycles. The standard InChI is InChI=1S/C19H31N3O/c1-16(9-10-17-7-5-4-6-8-17)20-19(23)15-22(3)18-11-13-21(2)14-12-18/h4-8,16,18H,9-15H2,1-3H3,(H,20,23)/t16-/m0/s1. The smallest absolute Gasteiger partial charge is 0.234 e. The maximum Gasteiger partial charge on any atom is 0.234 e. The van der Waals surface area contributed by atoms with Gasteiger partial charge in [-0.2, -0.15) is 0 Å². The van der Waals surface area contributed by atoms with Crippen LogP contribution in [-0.4, -0.2) is 61.5 Å². The van der Waals surface area contributed by atoms with Crippen LogP contribution in [0.3, 0.4) is 0 Å². The molecule has 1 aliphatic rings. The van der Waals surface area contributed by atoms with Crippen molar-refractivity contribution in [2.24, 2.45) is 0 Å². The van der Waals surface area contributed by atoms with E-state index in [2.05, 4.69) is 60.4 Å². The summed E-state index contributed by atoms with van der Waals surface area (Å²) in [5.41, 5.74) is 1.33. The van der Waals surface area contributed by atoms with Crippen LogP contribution < -0.4 is 5.32 Å². The first-order chi connectivity index (χ1) is 11.0. The van der Waals surface area contributed by atoms with E-state index in [1.54, 1.807) is 0 Å². The molecule has 23 heavy (non-hydrogen) atoms. The van der Waals surface area contributed by atoms with Gasteiger partial charge in [-0.3, -0.25) is 9.69 Å². The number of hydrogen-bond acceptors (Lipinski definition) is 3. The molecule has 2 rings (SSSR count). The third-order valence-electron chi connectivity index (χ3n) is 4.82. The van der Waals surface area contributed by atoms with Crippen molar-refractivity contribution in [1.29, 1.82) is 0 Å². The number of nitrogens with zero attached hydrogens (tertiary/aromatic N) is 2. The van der Waals surface area contributed by atoms with E-state index in [0.717, 1.165) is 38.8 Å². The first-order valence-corrected chi connectivity index (χ1v) is 8.76. The summed E-state index contributed by atoms with van der Waals surface area (Å²) in [6, 6.07) is 11.2. The van der Waals surface area contributed by atoms with Crippen molar-refractivity contribution in [1.82, 2.24) is 15.1 Å². The number of carbonyl (C=O) groups is 1. The van der Waals surface area contributed by atoms with E-state index in [0.29, 0.717) is 12.6 Å². The lowest BCUT2D eigenvalue weighted by atomic mass is 10.0. The van der Waals surface area contributed by atoms with E-state index >= 15 is 0 Å². The summed E-state index contributed by atoms with van der Waals surface area (Å²) < 4.78 is 0. The van der Waals surface area contributed by atoms with Gasteiger partial charge in [-0.25, -0.2) is 0 Å². The molecule has 1 atom stereocenters. The number of likely N-dealkylation sites (N-methyl/N-ethyl adjacent to an activating group) is 1. The molecule has 0 bridgehead atoms. The van der Waals surface area contributed by atoms with Crippen LogP contribution in [0.15, 0.2) is 30.3 Å². The van der Waals surface area contributed by atoms with E-state index < -0.39 is 0 Å². The number of piperidine rings is 1. The van der Waals surface area contributed by atoms with Gasteiger partial charge in [0.1, 0.15) is 0 Å². The van der Waals surface area contributed by atoms with Gasteiger partial charge in [-0.1, -0.05) is 30.3 Å². The Morgan fingerprint density at radius 1 is 1.30 bits per heavy atom. The Kier molecular flexibility index (Phi) is 7.06. The zero-order chi connectivity index (χ0) is 16.7. The summed E-state index contributed by atoms with van der Waals surface area (Å²) in [5, 5.41) is 3.14. The van der Waals surface area contributed by atoms with Gasteiger partial charge in [0.05, 0.1) is 6.54 Å². The van der Waals surface area contributed by atoms with Crippen molar-refractivity contribution in [2.45, 2.75) is 44.7 Å². The fourth-order valence-electron chi connectivity index (χ4n) is 3.21. The number of nitrogens with one attached hydrogen (secondary N) is 1. The Morgan fingerprint density at radius 3 is 2.61 bits per heavy atom. The Bertz CT molecular complexity index is 469. The van der Waals surface area contributed by atoms with Gasteiger partial charge in [0, 0.05) is 12.1 Å². The fraction of sp³-hybridized carbons (Fsp3) is 0.632. The second-order valence-electron chi connectivity index (χ2n) is 6.94. The zero-order valence-electron chi connectivity index (χ0n) is 14.8. The lowest BCUT2D eigenvalue weighted by Gasteiger charge is -2.34. The Labute approximate surface area is 140 Å². The molecule has 1 fully saturated rings. The van der Waals surface area contributed by atoms with Crippen molar-refractivity contribution in [2.75, 3.05) is 33.7 Å². The number of hydrogen-bond donors (Lipinski definition) is 1. The SMILES string of the molecule is C[C@@H](CCc1ccccc1)NC(=O)CN(C)C1CCN(C)CC1. The van der Waals surface area contributed by atoms with E-state index in [9.17, 15) is 4.79 Å². The molecule has 0 aromatic heterocycles. The molecule has 0 spiro atoms. The monoisotopic (exact) mass is 317 g/mol. The quantitative estimate of drug-likeness (QED) is 0.837. The second kappa shape index (κ2) is 9.04. The highest BCUT2D eigenvalue weighted by molar-refractivity contribution is 5.78. The van der Waals surface area contributed by atoms with Crippen LogP contribution >= 0.6 is 0 Å². The molecule has 1 heterocycles. The summed E-state index contributed by atoms with van der Waals surface area (Å²) in [7, 11) is 4.24. The van der Waals surface area contributed by atoms with E-state index in [1.807, 2.05) is 6.07 Å². The van der Waals surface area contributed by atoms with E-state index in [-0.39, 0.29) is 11.9 Å². The van der Waals surface area contributed by atoms with Gasteiger partial charge >= 0.3 is 0 Å². The molecule has 128 valence electrons. The van der Waals surface area contributed by atoms with Crippen molar-refractivity contribution in [3.05, 3.63) is 35.9 Å². The first-order valence-electron chi connectivity index (χ1n) is 8.76. The minimum atomic E-state index is 0.145. The molecule has 0 radical (unpaired) electrons. The number of benzene rings is 1. The van der Waals surface area contributed by atoms with Crippen LogP contribution in [0, 0.1) is 0 Å². The van der Waals surface area contributed by atoms with Crippen molar-refractivity contribution in [3.8, 4) is 0 Å². The second-order valence-corrected chi connectivity index (χ2v) is 6.94. The molecule has 0 aliphatic carbocycles. The van der Waals surface area contributed by atoms with Crippen molar-refractivity contribution < 1.29 is 4.79 Å². The normalized spacial score (nSPS) is 18.1. The predicted octanol–water partition coefficient (Wildman–Crippen LogP) is 2.15. The fourth-order valence-corrected chi connectivity index (χ4v) is 3.21. The van der Waals surface area contributed by atoms with Crippen LogP contribution in [0.1, 0.15) is 31.7 Å². The van der Waals surface area contributed by atoms with Gasteiger partial charge in [0.15, 0.2) is 0 Å². The minimum Gasteiger partial charge on any atom is -0.353 e. The molecule has 0 unspecified atom stereocenters. The average Bonchev–Trinajstić information content (AvgIpc) is 2.54. The van der Waals surface area contributed by atoms with Crippen molar-refractivity contribution in [3.63, 3.8) is 0 Å². The summed E-state index contributed by atoms with van der Waals surface area (Å²) in [6.45, 7) is 4.86. The van der Waals surface area contributed by atoms with Crippen molar-refractivity contribution >= 4 is 5.91 Å². The lowest BCUT2D eigenvalue weighted by molar-refractivity contribution is -0.123. The van der Waals surface area contributed by atoms with Crippen LogP contribution in [0.2, 0.25) is 0 Å². The Balaban J connectivity index is 1.67. The van der Waals surface area contributed by atoms with E-state index in [4.69, 9.17) is 0 Å². The van der Waals surface area contributed by atoms with Crippen LogP contribution in [0.5, 0.6) is 0 Å². The van der Waals surface area contributed by atoms with Crippen LogP contribution in [0.4, 0.5) is 0 Å². The predicted molar refractivity (Wildman–Crippen MR) is 95.5 cm³/mol. The number of likely N-dealkylation sites (tertiary alicyclic amines) is 1. The molecule has 1 aliphatic heterocycles. The molecule has 1 N–H and O–H groups in total. The summed E-state index contributed by atoms with van der Waals surface area (Å²) in [6.07, 6.45) is 4.30. The number of amides is 1. The summed E-state index contributed by atoms with van der Waals surface area (Å²) >= 11 is 0. The van der Waals surface area contributed by atoms with Crippen LogP contribution in [-0.2, 0) is 11.2 Å². The van der Waals surface area contributed by atoms with Gasteiger partial charge in [-0.05, 0) is 65.4 Å².